The van der Waals surface area contributed by atoms with Crippen LogP contribution in [0.3, 0.4) is 0 Å². The minimum absolute atomic E-state index is 0.0279. The number of hydrogen-bond acceptors (Lipinski definition) is 7. The first-order valence-electron chi connectivity index (χ1n) is 15.0. The number of benzene rings is 1. The van der Waals surface area contributed by atoms with Gasteiger partial charge in [-0.15, -0.1) is 10.2 Å². The molecule has 4 aliphatic carbocycles. The van der Waals surface area contributed by atoms with Gasteiger partial charge in [-0.1, -0.05) is 25.5 Å². The first-order valence-corrected chi connectivity index (χ1v) is 15.0. The van der Waals surface area contributed by atoms with Gasteiger partial charge in [0.05, 0.1) is 24.7 Å². The summed E-state index contributed by atoms with van der Waals surface area (Å²) >= 11 is 0. The normalized spacial score (nSPS) is 31.8. The summed E-state index contributed by atoms with van der Waals surface area (Å²) in [6.07, 6.45) is 9.17. The number of fused-ring (bicyclic) bond motifs is 2. The first-order chi connectivity index (χ1) is 19.7. The summed E-state index contributed by atoms with van der Waals surface area (Å²) in [7, 11) is 1.42. The zero-order valence-electron chi connectivity index (χ0n) is 24.2. The molecule has 4 aliphatic rings. The third kappa shape index (κ3) is 5.39. The van der Waals surface area contributed by atoms with E-state index in [0.717, 1.165) is 44.9 Å². The number of carbonyl (C=O) groups is 2. The number of ether oxygens (including phenoxy) is 2. The lowest BCUT2D eigenvalue weighted by molar-refractivity contribution is -0.128. The number of methoxy groups -OCH3 is 1. The van der Waals surface area contributed by atoms with Crippen molar-refractivity contribution in [3.8, 4) is 11.5 Å². The van der Waals surface area contributed by atoms with Crippen LogP contribution in [0.1, 0.15) is 94.2 Å². The Bertz CT molecular complexity index is 1270. The Hall–Kier alpha value is -3.24. The Labute approximate surface area is 239 Å². The predicted molar refractivity (Wildman–Crippen MR) is 148 cm³/mol. The lowest BCUT2D eigenvalue weighted by atomic mass is 9.70. The molecule has 4 fully saturated rings. The maximum absolute atomic E-state index is 15.1. The van der Waals surface area contributed by atoms with Gasteiger partial charge in [0.2, 0.25) is 5.91 Å². The molecule has 11 heteroatoms. The molecule has 0 spiro atoms. The molecule has 2 aromatic rings. The average Bonchev–Trinajstić information content (AvgIpc) is 3.72. The Kier molecular flexibility index (Phi) is 7.40. The van der Waals surface area contributed by atoms with Crippen molar-refractivity contribution < 1.29 is 23.5 Å². The molecule has 1 heterocycles. The average molecular weight is 569 g/mol. The van der Waals surface area contributed by atoms with E-state index in [1.165, 1.54) is 25.7 Å². The molecule has 0 aliphatic heterocycles. The van der Waals surface area contributed by atoms with Crippen LogP contribution in [0.4, 0.5) is 4.39 Å². The summed E-state index contributed by atoms with van der Waals surface area (Å²) in [4.78, 5) is 27.0. The molecule has 4 unspecified atom stereocenters. The molecule has 1 aromatic heterocycles. The van der Waals surface area contributed by atoms with E-state index in [1.54, 1.807) is 0 Å². The van der Waals surface area contributed by atoms with Gasteiger partial charge in [0.15, 0.2) is 17.4 Å². The monoisotopic (exact) mass is 568 g/mol. The van der Waals surface area contributed by atoms with Crippen molar-refractivity contribution >= 4 is 11.8 Å². The zero-order valence-corrected chi connectivity index (χ0v) is 24.2. The van der Waals surface area contributed by atoms with Gasteiger partial charge < -0.3 is 20.1 Å². The second-order valence-corrected chi connectivity index (χ2v) is 13.3. The van der Waals surface area contributed by atoms with Gasteiger partial charge in [0.25, 0.3) is 5.91 Å². The number of aromatic amines is 1. The van der Waals surface area contributed by atoms with E-state index < -0.39 is 5.82 Å². The van der Waals surface area contributed by atoms with E-state index >= 15 is 4.39 Å². The van der Waals surface area contributed by atoms with Crippen LogP contribution in [0.25, 0.3) is 0 Å². The van der Waals surface area contributed by atoms with Crippen LogP contribution in [-0.4, -0.2) is 58.2 Å². The van der Waals surface area contributed by atoms with Gasteiger partial charge >= 0.3 is 0 Å². The van der Waals surface area contributed by atoms with E-state index in [0.29, 0.717) is 25.2 Å². The summed E-state index contributed by atoms with van der Waals surface area (Å²) in [5.41, 5.74) is 0.184. The SMILES string of the molecule is COc1cc(F)c(OC2CCC(C)(c3nn[nH]n3)CC2)cc1C(=O)NC1C2CCC(C2)C1C(=O)NCC1(C)CCC1. The fraction of sp³-hybridized carbons (Fsp3) is 0.700. The quantitative estimate of drug-likeness (QED) is 0.416. The highest BCUT2D eigenvalue weighted by atomic mass is 19.1. The molecule has 222 valence electrons. The number of hydrogen-bond donors (Lipinski definition) is 3. The smallest absolute Gasteiger partial charge is 0.255 e. The number of carbonyl (C=O) groups excluding carboxylic acids is 2. The summed E-state index contributed by atoms with van der Waals surface area (Å²) in [5.74, 6) is 0.219. The molecule has 2 bridgehead atoms. The van der Waals surface area contributed by atoms with Crippen LogP contribution in [0.5, 0.6) is 11.5 Å². The number of amides is 2. The highest BCUT2D eigenvalue weighted by molar-refractivity contribution is 5.98. The van der Waals surface area contributed by atoms with Gasteiger partial charge in [0.1, 0.15) is 5.75 Å². The molecule has 6 rings (SSSR count). The van der Waals surface area contributed by atoms with Crippen molar-refractivity contribution in [2.75, 3.05) is 13.7 Å². The third-order valence-corrected chi connectivity index (χ3v) is 10.5. The summed E-state index contributed by atoms with van der Waals surface area (Å²) < 4.78 is 26.6. The molecule has 0 saturated heterocycles. The molecule has 1 aromatic carbocycles. The Morgan fingerprint density at radius 3 is 2.49 bits per heavy atom. The van der Waals surface area contributed by atoms with E-state index in [2.05, 4.69) is 45.1 Å². The van der Waals surface area contributed by atoms with Gasteiger partial charge in [-0.3, -0.25) is 9.59 Å². The van der Waals surface area contributed by atoms with E-state index in [-0.39, 0.29) is 69.6 Å². The zero-order chi connectivity index (χ0) is 28.8. The lowest BCUT2D eigenvalue weighted by Gasteiger charge is -2.39. The Morgan fingerprint density at radius 1 is 1.07 bits per heavy atom. The highest BCUT2D eigenvalue weighted by Gasteiger charge is 2.51. The highest BCUT2D eigenvalue weighted by Crippen LogP contribution is 2.49. The van der Waals surface area contributed by atoms with E-state index in [4.69, 9.17) is 9.47 Å². The van der Waals surface area contributed by atoms with Crippen LogP contribution in [0.2, 0.25) is 0 Å². The van der Waals surface area contributed by atoms with Crippen LogP contribution in [-0.2, 0) is 10.2 Å². The maximum atomic E-state index is 15.1. The van der Waals surface area contributed by atoms with Crippen LogP contribution in [0, 0.1) is 29.0 Å². The van der Waals surface area contributed by atoms with Gasteiger partial charge in [0, 0.05) is 24.1 Å². The number of halogens is 1. The number of rotatable bonds is 9. The Balaban J connectivity index is 1.14. The fourth-order valence-corrected chi connectivity index (χ4v) is 7.62. The van der Waals surface area contributed by atoms with Gasteiger partial charge in [-0.2, -0.15) is 5.21 Å². The predicted octanol–water partition coefficient (Wildman–Crippen LogP) is 4.08. The molecule has 3 N–H and O–H groups in total. The van der Waals surface area contributed by atoms with Crippen molar-refractivity contribution in [1.82, 2.24) is 31.3 Å². The largest absolute Gasteiger partial charge is 0.496 e. The van der Waals surface area contributed by atoms with Crippen molar-refractivity contribution in [1.29, 1.82) is 0 Å². The van der Waals surface area contributed by atoms with Crippen molar-refractivity contribution in [2.24, 2.45) is 23.2 Å². The van der Waals surface area contributed by atoms with Crippen molar-refractivity contribution in [3.05, 3.63) is 29.3 Å². The maximum Gasteiger partial charge on any atom is 0.255 e. The molecule has 4 atom stereocenters. The van der Waals surface area contributed by atoms with E-state index in [9.17, 15) is 9.59 Å². The molecule has 10 nitrogen and oxygen atoms in total. The number of nitrogens with one attached hydrogen (secondary N) is 3. The summed E-state index contributed by atoms with van der Waals surface area (Å²) in [6, 6.07) is 2.40. The first kappa shape index (κ1) is 27.9. The standard InChI is InChI=1S/C30H41FN6O4/c1-29(9-4-10-29)16-32-27(39)24-17-5-6-18(13-17)25(24)33-26(38)20-14-23(21(31)15-22(20)40-3)41-19-7-11-30(2,12-8-19)28-34-36-37-35-28/h14-15,17-19,24-25H,4-13,16H2,1-3H3,(H,32,39)(H,33,38)(H,34,35,36,37). The van der Waals surface area contributed by atoms with Crippen molar-refractivity contribution in [2.45, 2.75) is 95.6 Å². The van der Waals surface area contributed by atoms with Crippen LogP contribution in [0.15, 0.2) is 12.1 Å². The summed E-state index contributed by atoms with van der Waals surface area (Å²) in [5, 5.41) is 20.9. The van der Waals surface area contributed by atoms with E-state index in [1.807, 2.05) is 0 Å². The summed E-state index contributed by atoms with van der Waals surface area (Å²) in [6.45, 7) is 5.00. The second-order valence-electron chi connectivity index (χ2n) is 13.3. The number of H-pyrrole nitrogens is 1. The second kappa shape index (κ2) is 10.9. The molecule has 2 amide bonds. The Morgan fingerprint density at radius 2 is 1.83 bits per heavy atom. The number of aromatic nitrogens is 4. The van der Waals surface area contributed by atoms with Crippen LogP contribution < -0.4 is 20.1 Å². The van der Waals surface area contributed by atoms with Gasteiger partial charge in [-0.25, -0.2) is 4.39 Å². The minimum atomic E-state index is -0.577. The molecule has 4 saturated carbocycles. The lowest BCUT2D eigenvalue weighted by Crippen LogP contribution is -2.51. The molecular weight excluding hydrogens is 527 g/mol. The topological polar surface area (TPSA) is 131 Å². The number of nitrogens with zero attached hydrogens (tertiary/aromatic N) is 3. The third-order valence-electron chi connectivity index (χ3n) is 10.5. The fourth-order valence-electron chi connectivity index (χ4n) is 7.62. The van der Waals surface area contributed by atoms with Crippen molar-refractivity contribution in [3.63, 3.8) is 0 Å². The van der Waals surface area contributed by atoms with Gasteiger partial charge in [-0.05, 0) is 81.1 Å². The van der Waals surface area contributed by atoms with Crippen LogP contribution >= 0.6 is 0 Å². The number of tetrazole rings is 1. The minimum Gasteiger partial charge on any atom is -0.496 e. The molecule has 41 heavy (non-hydrogen) atoms. The molecule has 0 radical (unpaired) electrons. The molecular formula is C30H41FN6O4.